The number of hydrogen-bond donors (Lipinski definition) is 3. The molecular formula is C9H15N3O2S. The maximum absolute atomic E-state index is 11.2. The number of carbonyl (C=O) groups is 2. The summed E-state index contributed by atoms with van der Waals surface area (Å²) in [5.41, 5.74) is 5.18. The quantitative estimate of drug-likeness (QED) is 0.433. The Labute approximate surface area is 93.8 Å². The highest BCUT2D eigenvalue weighted by molar-refractivity contribution is 7.80. The maximum atomic E-state index is 11.2. The second kappa shape index (κ2) is 5.06. The Balaban J connectivity index is 2.15. The molecule has 84 valence electrons. The molecule has 5 nitrogen and oxygen atoms in total. The molecule has 2 atom stereocenters. The van der Waals surface area contributed by atoms with E-state index in [0.717, 1.165) is 6.42 Å². The van der Waals surface area contributed by atoms with Crippen molar-refractivity contribution >= 4 is 29.0 Å². The molecule has 15 heavy (non-hydrogen) atoms. The van der Waals surface area contributed by atoms with E-state index in [4.69, 9.17) is 5.73 Å². The minimum Gasteiger partial charge on any atom is -0.392 e. The van der Waals surface area contributed by atoms with Crippen molar-refractivity contribution in [2.24, 2.45) is 17.6 Å². The molecule has 6 heteroatoms. The summed E-state index contributed by atoms with van der Waals surface area (Å²) in [7, 11) is 0. The van der Waals surface area contributed by atoms with Gasteiger partial charge in [-0.05, 0) is 18.3 Å². The van der Waals surface area contributed by atoms with Crippen LogP contribution in [0.15, 0.2) is 0 Å². The van der Waals surface area contributed by atoms with Crippen LogP contribution in [-0.2, 0) is 9.59 Å². The molecule has 1 rings (SSSR count). The average molecular weight is 229 g/mol. The normalized spacial score (nSPS) is 23.0. The summed E-state index contributed by atoms with van der Waals surface area (Å²) < 4.78 is 0. The number of hydrogen-bond acceptors (Lipinski definition) is 3. The third-order valence-electron chi connectivity index (χ3n) is 2.43. The van der Waals surface area contributed by atoms with Crippen LogP contribution in [0.3, 0.4) is 0 Å². The summed E-state index contributed by atoms with van der Waals surface area (Å²) in [5, 5.41) is 4.88. The van der Waals surface area contributed by atoms with Crippen molar-refractivity contribution in [3.8, 4) is 0 Å². The number of carbonyl (C=O) groups excluding carboxylic acids is 2. The van der Waals surface area contributed by atoms with E-state index in [-0.39, 0.29) is 11.5 Å². The third kappa shape index (κ3) is 4.24. The molecule has 0 radical (unpaired) electrons. The number of nitrogens with two attached hydrogens (primary N) is 1. The van der Waals surface area contributed by atoms with E-state index in [1.165, 1.54) is 0 Å². The predicted molar refractivity (Wildman–Crippen MR) is 60.1 cm³/mol. The summed E-state index contributed by atoms with van der Waals surface area (Å²) in [6.45, 7) is 2.74. The molecule has 0 heterocycles. The Morgan fingerprint density at radius 2 is 1.93 bits per heavy atom. The van der Waals surface area contributed by atoms with Crippen LogP contribution in [0.25, 0.3) is 0 Å². The highest BCUT2D eigenvalue weighted by Gasteiger charge is 2.32. The van der Waals surface area contributed by atoms with Crippen molar-refractivity contribution in [1.29, 1.82) is 0 Å². The SMILES string of the molecule is CC1CC1CNC(=O)C(=O)NCC(N)=S. The van der Waals surface area contributed by atoms with Gasteiger partial charge in [-0.25, -0.2) is 0 Å². The topological polar surface area (TPSA) is 84.2 Å². The molecule has 2 amide bonds. The molecule has 0 aliphatic heterocycles. The summed E-state index contributed by atoms with van der Waals surface area (Å²) in [6, 6.07) is 0. The van der Waals surface area contributed by atoms with Crippen molar-refractivity contribution in [3.05, 3.63) is 0 Å². The lowest BCUT2D eigenvalue weighted by Gasteiger charge is -2.04. The lowest BCUT2D eigenvalue weighted by atomic mass is 10.3. The van der Waals surface area contributed by atoms with E-state index in [1.54, 1.807) is 0 Å². The van der Waals surface area contributed by atoms with Crippen molar-refractivity contribution < 1.29 is 9.59 Å². The number of nitrogens with one attached hydrogen (secondary N) is 2. The van der Waals surface area contributed by atoms with Crippen LogP contribution in [0, 0.1) is 11.8 Å². The molecule has 0 aromatic heterocycles. The zero-order valence-electron chi connectivity index (χ0n) is 8.58. The van der Waals surface area contributed by atoms with E-state index in [9.17, 15) is 9.59 Å². The van der Waals surface area contributed by atoms with Gasteiger partial charge in [0.15, 0.2) is 0 Å². The lowest BCUT2D eigenvalue weighted by Crippen LogP contribution is -2.43. The molecule has 1 aliphatic carbocycles. The number of rotatable bonds is 4. The van der Waals surface area contributed by atoms with Crippen LogP contribution < -0.4 is 16.4 Å². The highest BCUT2D eigenvalue weighted by Crippen LogP contribution is 2.36. The molecule has 1 fully saturated rings. The van der Waals surface area contributed by atoms with Crippen LogP contribution >= 0.6 is 12.2 Å². The molecule has 4 N–H and O–H groups in total. The Bertz CT molecular complexity index is 293. The fourth-order valence-corrected chi connectivity index (χ4v) is 1.31. The number of thiocarbonyl (C=S) groups is 1. The summed E-state index contributed by atoms with van der Waals surface area (Å²) in [4.78, 5) is 22.5. The van der Waals surface area contributed by atoms with Gasteiger partial charge in [-0.15, -0.1) is 0 Å². The predicted octanol–water partition coefficient (Wildman–Crippen LogP) is -0.839. The molecule has 2 unspecified atom stereocenters. The van der Waals surface area contributed by atoms with Crippen molar-refractivity contribution in [2.75, 3.05) is 13.1 Å². The summed E-state index contributed by atoms with van der Waals surface area (Å²) in [5.74, 6) is -0.122. The molecule has 0 saturated heterocycles. The Morgan fingerprint density at radius 3 is 2.40 bits per heavy atom. The monoisotopic (exact) mass is 229 g/mol. The zero-order chi connectivity index (χ0) is 11.4. The first-order chi connectivity index (χ1) is 7.00. The van der Waals surface area contributed by atoms with Gasteiger partial charge in [0.25, 0.3) is 0 Å². The van der Waals surface area contributed by atoms with Gasteiger partial charge in [-0.2, -0.15) is 0 Å². The zero-order valence-corrected chi connectivity index (χ0v) is 9.39. The van der Waals surface area contributed by atoms with Crippen molar-refractivity contribution in [1.82, 2.24) is 10.6 Å². The van der Waals surface area contributed by atoms with Gasteiger partial charge < -0.3 is 16.4 Å². The first-order valence-corrected chi connectivity index (χ1v) is 5.26. The maximum Gasteiger partial charge on any atom is 0.309 e. The number of amides is 2. The fraction of sp³-hybridized carbons (Fsp3) is 0.667. The van der Waals surface area contributed by atoms with Gasteiger partial charge in [0.05, 0.1) is 11.5 Å². The largest absolute Gasteiger partial charge is 0.392 e. The fourth-order valence-electron chi connectivity index (χ4n) is 1.24. The molecular weight excluding hydrogens is 214 g/mol. The van der Waals surface area contributed by atoms with E-state index >= 15 is 0 Å². The van der Waals surface area contributed by atoms with Crippen LogP contribution in [0.4, 0.5) is 0 Å². The van der Waals surface area contributed by atoms with Crippen LogP contribution in [-0.4, -0.2) is 29.9 Å². The van der Waals surface area contributed by atoms with Crippen molar-refractivity contribution in [2.45, 2.75) is 13.3 Å². The van der Waals surface area contributed by atoms with Gasteiger partial charge in [0, 0.05) is 6.54 Å². The second-order valence-corrected chi connectivity index (χ2v) is 4.36. The Morgan fingerprint density at radius 1 is 1.40 bits per heavy atom. The highest BCUT2D eigenvalue weighted by atomic mass is 32.1. The Hall–Kier alpha value is -1.17. The minimum absolute atomic E-state index is 0.0570. The van der Waals surface area contributed by atoms with Gasteiger partial charge >= 0.3 is 11.8 Å². The lowest BCUT2D eigenvalue weighted by molar-refractivity contribution is -0.139. The first-order valence-electron chi connectivity index (χ1n) is 4.85. The Kier molecular flexibility index (Phi) is 4.02. The van der Waals surface area contributed by atoms with Crippen LogP contribution in [0.1, 0.15) is 13.3 Å². The third-order valence-corrected chi connectivity index (χ3v) is 2.57. The van der Waals surface area contributed by atoms with Crippen LogP contribution in [0.2, 0.25) is 0 Å². The standard InChI is InChI=1S/C9H15N3O2S/c1-5-2-6(5)3-11-8(13)9(14)12-4-7(10)15/h5-6H,2-4H2,1H3,(H2,10,15)(H,11,13)(H,12,14). The van der Waals surface area contributed by atoms with E-state index in [0.29, 0.717) is 18.4 Å². The molecule has 0 aromatic rings. The average Bonchev–Trinajstić information content (AvgIpc) is 2.87. The minimum atomic E-state index is -0.684. The first kappa shape index (κ1) is 11.9. The van der Waals surface area contributed by atoms with Crippen molar-refractivity contribution in [3.63, 3.8) is 0 Å². The summed E-state index contributed by atoms with van der Waals surface area (Å²) >= 11 is 4.56. The molecule has 0 spiro atoms. The van der Waals surface area contributed by atoms with Gasteiger partial charge in [0.2, 0.25) is 0 Å². The van der Waals surface area contributed by atoms with Crippen LogP contribution in [0.5, 0.6) is 0 Å². The van der Waals surface area contributed by atoms with E-state index < -0.39 is 11.8 Å². The summed E-state index contributed by atoms with van der Waals surface area (Å²) in [6.07, 6.45) is 1.12. The van der Waals surface area contributed by atoms with E-state index in [1.807, 2.05) is 0 Å². The van der Waals surface area contributed by atoms with Gasteiger partial charge in [-0.1, -0.05) is 19.1 Å². The molecule has 1 saturated carbocycles. The molecule has 0 aromatic carbocycles. The molecule has 1 aliphatic rings. The second-order valence-electron chi connectivity index (χ2n) is 3.83. The van der Waals surface area contributed by atoms with Gasteiger partial charge in [-0.3, -0.25) is 9.59 Å². The van der Waals surface area contributed by atoms with E-state index in [2.05, 4.69) is 29.8 Å². The van der Waals surface area contributed by atoms with Gasteiger partial charge in [0.1, 0.15) is 0 Å². The smallest absolute Gasteiger partial charge is 0.309 e. The molecule has 0 bridgehead atoms.